The highest BCUT2D eigenvalue weighted by Gasteiger charge is 2.25. The van der Waals surface area contributed by atoms with Crippen LogP contribution in [0.5, 0.6) is 0 Å². The topological polar surface area (TPSA) is 34.1 Å². The van der Waals surface area contributed by atoms with Crippen molar-refractivity contribution >= 4 is 25.8 Å². The van der Waals surface area contributed by atoms with Crippen molar-refractivity contribution in [1.82, 2.24) is 0 Å². The summed E-state index contributed by atoms with van der Waals surface area (Å²) in [6, 6.07) is 5.71. The average Bonchev–Trinajstić information content (AvgIpc) is 2.16. The Bertz CT molecular complexity index is 437. The van der Waals surface area contributed by atoms with Crippen LogP contribution in [0.4, 0.5) is 0 Å². The molecule has 0 unspecified atom stereocenters. The van der Waals surface area contributed by atoms with E-state index in [1.165, 1.54) is 0 Å². The third-order valence-electron chi connectivity index (χ3n) is 2.49. The molecule has 2 nitrogen and oxygen atoms in total. The molecule has 14 heavy (non-hydrogen) atoms. The third-order valence-corrected chi connectivity index (χ3v) is 5.07. The summed E-state index contributed by atoms with van der Waals surface area (Å²) in [6.45, 7) is 0. The Morgan fingerprint density at radius 2 is 2.14 bits per heavy atom. The minimum atomic E-state index is -3.01. The Kier molecular flexibility index (Phi) is 2.66. The fourth-order valence-corrected chi connectivity index (χ4v) is 4.38. The predicted octanol–water partition coefficient (Wildman–Crippen LogP) is 2.30. The smallest absolute Gasteiger partial charge is 0.178 e. The third kappa shape index (κ3) is 1.61. The van der Waals surface area contributed by atoms with Crippen LogP contribution in [-0.2, 0) is 21.6 Å². The van der Waals surface area contributed by atoms with Crippen LogP contribution >= 0.6 is 15.9 Å². The van der Waals surface area contributed by atoms with Gasteiger partial charge in [0.05, 0.1) is 10.6 Å². The second kappa shape index (κ2) is 3.66. The zero-order valence-electron chi connectivity index (χ0n) is 7.66. The summed E-state index contributed by atoms with van der Waals surface area (Å²) in [5.41, 5.74) is 1.87. The van der Waals surface area contributed by atoms with Gasteiger partial charge in [-0.1, -0.05) is 34.1 Å². The van der Waals surface area contributed by atoms with Gasteiger partial charge in [0.15, 0.2) is 9.84 Å². The Morgan fingerprint density at radius 3 is 2.86 bits per heavy atom. The first-order chi connectivity index (χ1) is 6.65. The molecule has 0 aromatic heterocycles. The van der Waals surface area contributed by atoms with Crippen molar-refractivity contribution in [3.63, 3.8) is 0 Å². The summed E-state index contributed by atoms with van der Waals surface area (Å²) in [6.07, 6.45) is 1.64. The number of alkyl halides is 1. The molecular weight excluding hydrogens is 264 g/mol. The standard InChI is InChI=1S/C10H11BrO2S/c11-7-9-4-1-3-8-5-2-6-14(12,13)10(8)9/h1,3-4H,2,5-7H2. The number of aryl methyl sites for hydroxylation is 1. The first-order valence-electron chi connectivity index (χ1n) is 4.54. The van der Waals surface area contributed by atoms with Crippen LogP contribution in [0.2, 0.25) is 0 Å². The molecule has 4 heteroatoms. The van der Waals surface area contributed by atoms with Gasteiger partial charge in [-0.2, -0.15) is 0 Å². The molecule has 0 amide bonds. The lowest BCUT2D eigenvalue weighted by Crippen LogP contribution is -2.17. The number of sulfone groups is 1. The van der Waals surface area contributed by atoms with Gasteiger partial charge in [0, 0.05) is 5.33 Å². The molecule has 76 valence electrons. The molecule has 1 heterocycles. The molecule has 0 atom stereocenters. The maximum atomic E-state index is 11.8. The molecule has 0 saturated heterocycles. The molecule has 1 aromatic carbocycles. The first-order valence-corrected chi connectivity index (χ1v) is 7.32. The maximum absolute atomic E-state index is 11.8. The van der Waals surface area contributed by atoms with Crippen molar-refractivity contribution in [3.8, 4) is 0 Å². The SMILES string of the molecule is O=S1(=O)CCCc2cccc(CBr)c21. The number of halogens is 1. The Hall–Kier alpha value is -0.350. The van der Waals surface area contributed by atoms with E-state index in [2.05, 4.69) is 15.9 Å². The highest BCUT2D eigenvalue weighted by molar-refractivity contribution is 9.08. The van der Waals surface area contributed by atoms with Gasteiger partial charge in [0.1, 0.15) is 0 Å². The van der Waals surface area contributed by atoms with Crippen molar-refractivity contribution in [1.29, 1.82) is 0 Å². The van der Waals surface area contributed by atoms with Gasteiger partial charge in [-0.05, 0) is 24.0 Å². The lowest BCUT2D eigenvalue weighted by Gasteiger charge is -2.18. The summed E-state index contributed by atoms with van der Waals surface area (Å²) in [5.74, 6) is 0.296. The van der Waals surface area contributed by atoms with E-state index < -0.39 is 9.84 Å². The molecule has 1 aliphatic heterocycles. The molecule has 0 saturated carbocycles. The zero-order valence-corrected chi connectivity index (χ0v) is 10.1. The second-order valence-electron chi connectivity index (χ2n) is 3.46. The Labute approximate surface area is 92.4 Å². The molecule has 0 bridgehead atoms. The van der Waals surface area contributed by atoms with E-state index in [9.17, 15) is 8.42 Å². The molecule has 0 spiro atoms. The normalized spacial score (nSPS) is 18.9. The van der Waals surface area contributed by atoms with E-state index in [0.717, 1.165) is 24.0 Å². The van der Waals surface area contributed by atoms with Crippen molar-refractivity contribution in [2.75, 3.05) is 5.75 Å². The lowest BCUT2D eigenvalue weighted by molar-refractivity contribution is 0.585. The second-order valence-corrected chi connectivity index (χ2v) is 6.07. The highest BCUT2D eigenvalue weighted by atomic mass is 79.9. The minimum absolute atomic E-state index is 0.296. The van der Waals surface area contributed by atoms with Gasteiger partial charge < -0.3 is 0 Å². The predicted molar refractivity (Wildman–Crippen MR) is 59.4 cm³/mol. The quantitative estimate of drug-likeness (QED) is 0.737. The van der Waals surface area contributed by atoms with E-state index in [1.807, 2.05) is 18.2 Å². The van der Waals surface area contributed by atoms with E-state index in [0.29, 0.717) is 16.0 Å². The molecule has 2 rings (SSSR count). The van der Waals surface area contributed by atoms with E-state index in [4.69, 9.17) is 0 Å². The van der Waals surface area contributed by atoms with E-state index in [-0.39, 0.29) is 0 Å². The van der Waals surface area contributed by atoms with Crippen LogP contribution in [0.15, 0.2) is 23.1 Å². The molecule has 0 aliphatic carbocycles. The molecule has 1 aliphatic rings. The Morgan fingerprint density at radius 1 is 1.36 bits per heavy atom. The largest absolute Gasteiger partial charge is 0.224 e. The van der Waals surface area contributed by atoms with Gasteiger partial charge in [0.25, 0.3) is 0 Å². The summed E-state index contributed by atoms with van der Waals surface area (Å²) < 4.78 is 23.7. The van der Waals surface area contributed by atoms with Gasteiger partial charge in [0.2, 0.25) is 0 Å². The molecule has 0 N–H and O–H groups in total. The molecule has 0 radical (unpaired) electrons. The van der Waals surface area contributed by atoms with Gasteiger partial charge >= 0.3 is 0 Å². The zero-order chi connectivity index (χ0) is 10.2. The van der Waals surface area contributed by atoms with Crippen LogP contribution in [0.25, 0.3) is 0 Å². The molecule has 1 aromatic rings. The van der Waals surface area contributed by atoms with Crippen molar-refractivity contribution in [2.45, 2.75) is 23.1 Å². The van der Waals surface area contributed by atoms with Gasteiger partial charge in [-0.3, -0.25) is 0 Å². The first kappa shape index (κ1) is 10.2. The van der Waals surface area contributed by atoms with Crippen molar-refractivity contribution in [2.24, 2.45) is 0 Å². The van der Waals surface area contributed by atoms with Crippen LogP contribution in [0.1, 0.15) is 17.5 Å². The average molecular weight is 275 g/mol. The summed E-state index contributed by atoms with van der Waals surface area (Å²) in [5, 5.41) is 0.607. The fourth-order valence-electron chi connectivity index (χ4n) is 1.89. The van der Waals surface area contributed by atoms with Gasteiger partial charge in [-0.25, -0.2) is 8.42 Å². The number of benzene rings is 1. The van der Waals surface area contributed by atoms with E-state index in [1.54, 1.807) is 0 Å². The van der Waals surface area contributed by atoms with Gasteiger partial charge in [-0.15, -0.1) is 0 Å². The monoisotopic (exact) mass is 274 g/mol. The molecular formula is C10H11BrO2S. The van der Waals surface area contributed by atoms with E-state index >= 15 is 0 Å². The van der Waals surface area contributed by atoms with Crippen molar-refractivity contribution < 1.29 is 8.42 Å². The van der Waals surface area contributed by atoms with Crippen LogP contribution in [0.3, 0.4) is 0 Å². The highest BCUT2D eigenvalue weighted by Crippen LogP contribution is 2.29. The summed E-state index contributed by atoms with van der Waals surface area (Å²) in [4.78, 5) is 0.572. The minimum Gasteiger partial charge on any atom is -0.224 e. The summed E-state index contributed by atoms with van der Waals surface area (Å²) >= 11 is 3.32. The number of fused-ring (bicyclic) bond motifs is 1. The fraction of sp³-hybridized carbons (Fsp3) is 0.400. The van der Waals surface area contributed by atoms with Crippen LogP contribution in [-0.4, -0.2) is 14.2 Å². The number of hydrogen-bond donors (Lipinski definition) is 0. The molecule has 0 fully saturated rings. The lowest BCUT2D eigenvalue weighted by atomic mass is 10.1. The maximum Gasteiger partial charge on any atom is 0.178 e. The van der Waals surface area contributed by atoms with Crippen LogP contribution in [0, 0.1) is 0 Å². The van der Waals surface area contributed by atoms with Crippen LogP contribution < -0.4 is 0 Å². The summed E-state index contributed by atoms with van der Waals surface area (Å²) in [7, 11) is -3.01. The Balaban J connectivity index is 2.71. The number of rotatable bonds is 1. The van der Waals surface area contributed by atoms with Crippen molar-refractivity contribution in [3.05, 3.63) is 29.3 Å². The number of hydrogen-bond acceptors (Lipinski definition) is 2.